The van der Waals surface area contributed by atoms with Crippen LogP contribution in [-0.2, 0) is 11.3 Å². The molecule has 0 radical (unpaired) electrons. The Labute approximate surface area is 166 Å². The molecule has 2 unspecified atom stereocenters. The Morgan fingerprint density at radius 1 is 1.59 bits per heavy atom. The van der Waals surface area contributed by atoms with Gasteiger partial charge in [0, 0.05) is 11.5 Å². The standard InChI is InChI=1S/C18H25F3N4O4/c1-4-13(7-6-12(3)29-18(19,20)21)8-9-22-14-10-24-11-16(25(26)27)23-17(24)28-15(14)5-2/h4,6-7,11-12,14-15,22H,5,8-10H2,1-3H3/b7-6-,13-4+/t12?,14-,15?/m0/s1. The number of halogens is 3. The highest BCUT2D eigenvalue weighted by molar-refractivity contribution is 5.22. The van der Waals surface area contributed by atoms with Gasteiger partial charge >= 0.3 is 18.2 Å². The third-order valence-corrected chi connectivity index (χ3v) is 4.51. The number of imidazole rings is 1. The van der Waals surface area contributed by atoms with Crippen molar-refractivity contribution in [1.29, 1.82) is 0 Å². The third-order valence-electron chi connectivity index (χ3n) is 4.51. The van der Waals surface area contributed by atoms with E-state index < -0.39 is 17.4 Å². The van der Waals surface area contributed by atoms with E-state index in [1.165, 1.54) is 19.2 Å². The number of allylic oxidation sites excluding steroid dienone is 2. The van der Waals surface area contributed by atoms with Gasteiger partial charge in [-0.25, -0.2) is 0 Å². The Morgan fingerprint density at radius 2 is 2.31 bits per heavy atom. The topological polar surface area (TPSA) is 91.5 Å². The van der Waals surface area contributed by atoms with Crippen molar-refractivity contribution in [3.63, 3.8) is 0 Å². The molecule has 0 aromatic carbocycles. The molecule has 29 heavy (non-hydrogen) atoms. The van der Waals surface area contributed by atoms with Gasteiger partial charge in [-0.1, -0.05) is 30.7 Å². The van der Waals surface area contributed by atoms with E-state index in [1.807, 2.05) is 19.9 Å². The van der Waals surface area contributed by atoms with Crippen LogP contribution in [0.2, 0.25) is 0 Å². The van der Waals surface area contributed by atoms with E-state index >= 15 is 0 Å². The summed E-state index contributed by atoms with van der Waals surface area (Å²) in [6.07, 6.45) is 1.50. The molecule has 1 N–H and O–H groups in total. The van der Waals surface area contributed by atoms with Gasteiger partial charge in [0.2, 0.25) is 0 Å². The Kier molecular flexibility index (Phi) is 7.80. The molecule has 2 rings (SSSR count). The van der Waals surface area contributed by atoms with Crippen LogP contribution >= 0.6 is 0 Å². The third kappa shape index (κ3) is 6.86. The van der Waals surface area contributed by atoms with Gasteiger partial charge in [0.25, 0.3) is 0 Å². The Morgan fingerprint density at radius 3 is 2.90 bits per heavy atom. The molecule has 1 aromatic rings. The molecule has 0 spiro atoms. The molecule has 2 heterocycles. The van der Waals surface area contributed by atoms with Gasteiger partial charge in [-0.2, -0.15) is 0 Å². The highest BCUT2D eigenvalue weighted by atomic mass is 19.4. The number of nitrogens with zero attached hydrogens (tertiary/aromatic N) is 3. The lowest BCUT2D eigenvalue weighted by atomic mass is 10.1. The Bertz CT molecular complexity index is 761. The molecule has 0 saturated heterocycles. The van der Waals surface area contributed by atoms with Gasteiger partial charge in [0.15, 0.2) is 0 Å². The van der Waals surface area contributed by atoms with Gasteiger partial charge in [-0.3, -0.25) is 9.30 Å². The second kappa shape index (κ2) is 9.88. The number of ether oxygens (including phenoxy) is 2. The Balaban J connectivity index is 1.89. The molecule has 1 aliphatic rings. The van der Waals surface area contributed by atoms with Gasteiger partial charge in [-0.15, -0.1) is 13.2 Å². The number of nitrogens with one attached hydrogen (secondary N) is 1. The SMILES string of the molecule is C/C=C(\C=C/C(C)OC(F)(F)F)CCN[C@H]1Cn2cc([N+](=O)[O-])nc2OC1CC. The average molecular weight is 418 g/mol. The number of rotatable bonds is 9. The lowest BCUT2D eigenvalue weighted by Gasteiger charge is -2.31. The molecule has 3 atom stereocenters. The summed E-state index contributed by atoms with van der Waals surface area (Å²) in [6.45, 7) is 6.13. The van der Waals surface area contributed by atoms with Crippen molar-refractivity contribution >= 4 is 5.82 Å². The monoisotopic (exact) mass is 418 g/mol. The minimum absolute atomic E-state index is 0.0733. The molecule has 8 nitrogen and oxygen atoms in total. The number of alkyl halides is 3. The van der Waals surface area contributed by atoms with Crippen LogP contribution in [0.15, 0.2) is 30.0 Å². The van der Waals surface area contributed by atoms with Crippen molar-refractivity contribution in [2.24, 2.45) is 0 Å². The summed E-state index contributed by atoms with van der Waals surface area (Å²) in [6, 6.07) is 0.160. The number of hydrogen-bond acceptors (Lipinski definition) is 6. The molecule has 0 saturated carbocycles. The van der Waals surface area contributed by atoms with Gasteiger partial charge in [0.1, 0.15) is 12.3 Å². The van der Waals surface area contributed by atoms with Gasteiger partial charge < -0.3 is 20.2 Å². The van der Waals surface area contributed by atoms with Crippen molar-refractivity contribution in [2.45, 2.75) is 64.8 Å². The zero-order chi connectivity index (χ0) is 21.6. The molecule has 11 heteroatoms. The highest BCUT2D eigenvalue weighted by Crippen LogP contribution is 2.25. The fourth-order valence-corrected chi connectivity index (χ4v) is 3.04. The zero-order valence-electron chi connectivity index (χ0n) is 16.5. The number of hydrogen-bond donors (Lipinski definition) is 1. The largest absolute Gasteiger partial charge is 0.523 e. The summed E-state index contributed by atoms with van der Waals surface area (Å²) < 4.78 is 47.9. The fourth-order valence-electron chi connectivity index (χ4n) is 3.04. The van der Waals surface area contributed by atoms with Crippen LogP contribution in [0.1, 0.15) is 33.6 Å². The molecular weight excluding hydrogens is 393 g/mol. The minimum Gasteiger partial charge on any atom is -0.441 e. The zero-order valence-corrected chi connectivity index (χ0v) is 16.5. The van der Waals surface area contributed by atoms with Crippen LogP contribution in [0.25, 0.3) is 0 Å². The summed E-state index contributed by atoms with van der Waals surface area (Å²) in [4.78, 5) is 14.2. The lowest BCUT2D eigenvalue weighted by Crippen LogP contribution is -2.49. The number of nitro groups is 1. The summed E-state index contributed by atoms with van der Waals surface area (Å²) in [5, 5.41) is 14.3. The first-order chi connectivity index (χ1) is 13.6. The van der Waals surface area contributed by atoms with E-state index in [0.29, 0.717) is 25.9 Å². The maximum atomic E-state index is 12.2. The van der Waals surface area contributed by atoms with Crippen LogP contribution in [0.3, 0.4) is 0 Å². The summed E-state index contributed by atoms with van der Waals surface area (Å²) in [5.74, 6) is -0.257. The molecule has 0 amide bonds. The van der Waals surface area contributed by atoms with Crippen molar-refractivity contribution in [3.05, 3.63) is 40.1 Å². The van der Waals surface area contributed by atoms with Crippen LogP contribution in [0, 0.1) is 10.1 Å². The quantitative estimate of drug-likeness (QED) is 0.373. The van der Waals surface area contributed by atoms with E-state index in [1.54, 1.807) is 10.6 Å². The minimum atomic E-state index is -4.67. The van der Waals surface area contributed by atoms with E-state index in [4.69, 9.17) is 4.74 Å². The molecule has 162 valence electrons. The molecule has 0 fully saturated rings. The lowest BCUT2D eigenvalue weighted by molar-refractivity contribution is -0.389. The van der Waals surface area contributed by atoms with Crippen molar-refractivity contribution < 1.29 is 27.6 Å². The molecule has 1 aliphatic heterocycles. The van der Waals surface area contributed by atoms with E-state index in [-0.39, 0.29) is 24.0 Å². The number of aromatic nitrogens is 2. The van der Waals surface area contributed by atoms with Crippen LogP contribution in [0.5, 0.6) is 6.01 Å². The van der Waals surface area contributed by atoms with Crippen molar-refractivity contribution in [3.8, 4) is 6.01 Å². The first-order valence-corrected chi connectivity index (χ1v) is 9.32. The predicted octanol–water partition coefficient (Wildman–Crippen LogP) is 3.74. The van der Waals surface area contributed by atoms with Crippen molar-refractivity contribution in [2.75, 3.05) is 6.54 Å². The highest BCUT2D eigenvalue weighted by Gasteiger charge is 2.34. The first-order valence-electron chi connectivity index (χ1n) is 9.32. The van der Waals surface area contributed by atoms with Crippen LogP contribution in [-0.4, -0.2) is 45.6 Å². The maximum absolute atomic E-state index is 12.2. The molecule has 0 aliphatic carbocycles. The Hall–Kier alpha value is -2.40. The van der Waals surface area contributed by atoms with E-state index in [0.717, 1.165) is 5.57 Å². The number of fused-ring (bicyclic) bond motifs is 1. The smallest absolute Gasteiger partial charge is 0.441 e. The van der Waals surface area contributed by atoms with E-state index in [9.17, 15) is 23.3 Å². The fraction of sp³-hybridized carbons (Fsp3) is 0.611. The first kappa shape index (κ1) is 22.9. The maximum Gasteiger partial charge on any atom is 0.523 e. The predicted molar refractivity (Wildman–Crippen MR) is 99.5 cm³/mol. The average Bonchev–Trinajstić information content (AvgIpc) is 3.05. The van der Waals surface area contributed by atoms with Crippen LogP contribution in [0.4, 0.5) is 19.0 Å². The summed E-state index contributed by atoms with van der Waals surface area (Å²) in [5.41, 5.74) is 0.860. The second-order valence-electron chi connectivity index (χ2n) is 6.66. The second-order valence-corrected chi connectivity index (χ2v) is 6.66. The molecular formula is C18H25F3N4O4. The van der Waals surface area contributed by atoms with Gasteiger partial charge in [0.05, 0.1) is 12.1 Å². The summed E-state index contributed by atoms with van der Waals surface area (Å²) >= 11 is 0. The van der Waals surface area contributed by atoms with Crippen molar-refractivity contribution in [1.82, 2.24) is 14.9 Å². The van der Waals surface area contributed by atoms with Gasteiger partial charge in [-0.05, 0) is 38.2 Å². The summed E-state index contributed by atoms with van der Waals surface area (Å²) in [7, 11) is 0. The normalized spacial score (nSPS) is 21.1. The molecule has 0 bridgehead atoms. The van der Waals surface area contributed by atoms with Crippen LogP contribution < -0.4 is 10.1 Å². The molecule has 1 aromatic heterocycles. The van der Waals surface area contributed by atoms with E-state index in [2.05, 4.69) is 15.0 Å².